The second-order valence-corrected chi connectivity index (χ2v) is 6.03. The van der Waals surface area contributed by atoms with E-state index in [0.29, 0.717) is 6.54 Å². The third-order valence-corrected chi connectivity index (χ3v) is 4.29. The zero-order chi connectivity index (χ0) is 16.1. The summed E-state index contributed by atoms with van der Waals surface area (Å²) in [5, 5.41) is 9.85. The molecule has 0 fully saturated rings. The van der Waals surface area contributed by atoms with E-state index in [9.17, 15) is 4.79 Å². The minimum atomic E-state index is -0.170. The molecule has 23 heavy (non-hydrogen) atoms. The lowest BCUT2D eigenvalue weighted by Crippen LogP contribution is -2.36. The highest BCUT2D eigenvalue weighted by molar-refractivity contribution is 7.07. The first kappa shape index (κ1) is 15.3. The van der Waals surface area contributed by atoms with Gasteiger partial charge in [0.1, 0.15) is 0 Å². The van der Waals surface area contributed by atoms with Crippen molar-refractivity contribution in [2.24, 2.45) is 0 Å². The van der Waals surface area contributed by atoms with Crippen molar-refractivity contribution in [2.75, 3.05) is 0 Å². The van der Waals surface area contributed by atoms with Crippen LogP contribution in [0, 0.1) is 0 Å². The summed E-state index contributed by atoms with van der Waals surface area (Å²) in [4.78, 5) is 16.1. The van der Waals surface area contributed by atoms with Crippen LogP contribution in [0.1, 0.15) is 24.1 Å². The quantitative estimate of drug-likeness (QED) is 0.754. The van der Waals surface area contributed by atoms with E-state index in [1.165, 1.54) is 0 Å². The minimum Gasteiger partial charge on any atom is -0.334 e. The van der Waals surface area contributed by atoms with Crippen LogP contribution in [0.15, 0.2) is 59.8 Å². The molecule has 0 radical (unpaired) electrons. The van der Waals surface area contributed by atoms with Crippen molar-refractivity contribution in [3.8, 4) is 5.69 Å². The summed E-state index contributed by atoms with van der Waals surface area (Å²) in [5.41, 5.74) is 3.18. The maximum atomic E-state index is 12.0. The molecule has 0 saturated carbocycles. The first-order chi connectivity index (χ1) is 11.2. The van der Waals surface area contributed by atoms with Gasteiger partial charge in [0.15, 0.2) is 0 Å². The van der Waals surface area contributed by atoms with Crippen LogP contribution in [0.5, 0.6) is 0 Å². The van der Waals surface area contributed by atoms with Gasteiger partial charge in [-0.1, -0.05) is 12.1 Å². The maximum absolute atomic E-state index is 12.0. The Morgan fingerprint density at radius 1 is 1.39 bits per heavy atom. The summed E-state index contributed by atoms with van der Waals surface area (Å²) < 4.78 is 1.94. The molecular weight excluding hydrogens is 308 g/mol. The zero-order valence-electron chi connectivity index (χ0n) is 12.8. The molecule has 2 N–H and O–H groups in total. The second-order valence-electron chi connectivity index (χ2n) is 5.25. The van der Waals surface area contributed by atoms with E-state index < -0.39 is 0 Å². The van der Waals surface area contributed by atoms with Crippen molar-refractivity contribution in [1.29, 1.82) is 0 Å². The van der Waals surface area contributed by atoms with Crippen LogP contribution in [0.3, 0.4) is 0 Å². The topological polar surface area (TPSA) is 59.0 Å². The third-order valence-electron chi connectivity index (χ3n) is 3.55. The van der Waals surface area contributed by atoms with Gasteiger partial charge in [-0.2, -0.15) is 11.3 Å². The standard InChI is InChI=1S/C17H18N4OS/c1-13(20-17(22)19-10-14-5-8-23-11-14)15-3-2-4-16(9-15)21-7-6-18-12-21/h2-9,11-13H,10H2,1H3,(H2,19,20,22). The molecular formula is C17H18N4OS. The summed E-state index contributed by atoms with van der Waals surface area (Å²) in [7, 11) is 0. The molecule has 1 unspecified atom stereocenters. The third kappa shape index (κ3) is 3.98. The fourth-order valence-corrected chi connectivity index (χ4v) is 2.94. The number of rotatable bonds is 5. The number of thiophene rings is 1. The molecule has 2 aromatic heterocycles. The van der Waals surface area contributed by atoms with Gasteiger partial charge >= 0.3 is 6.03 Å². The average molecular weight is 326 g/mol. The molecule has 0 spiro atoms. The Morgan fingerprint density at radius 3 is 3.04 bits per heavy atom. The van der Waals surface area contributed by atoms with E-state index >= 15 is 0 Å². The Bertz CT molecular complexity index is 753. The Balaban J connectivity index is 1.60. The predicted molar refractivity (Wildman–Crippen MR) is 91.7 cm³/mol. The molecule has 0 aliphatic carbocycles. The van der Waals surface area contributed by atoms with Crippen LogP contribution >= 0.6 is 11.3 Å². The van der Waals surface area contributed by atoms with Crippen molar-refractivity contribution in [3.63, 3.8) is 0 Å². The number of urea groups is 1. The number of benzene rings is 1. The molecule has 0 bridgehead atoms. The van der Waals surface area contributed by atoms with Crippen molar-refractivity contribution in [2.45, 2.75) is 19.5 Å². The SMILES string of the molecule is CC(NC(=O)NCc1ccsc1)c1cccc(-n2ccnc2)c1. The molecule has 0 aliphatic rings. The van der Waals surface area contributed by atoms with Crippen LogP contribution in [-0.4, -0.2) is 15.6 Å². The molecule has 2 heterocycles. The molecule has 1 aromatic carbocycles. The lowest BCUT2D eigenvalue weighted by Gasteiger charge is -2.16. The van der Waals surface area contributed by atoms with Gasteiger partial charge in [-0.05, 0) is 47.0 Å². The fraction of sp³-hybridized carbons (Fsp3) is 0.176. The van der Waals surface area contributed by atoms with Gasteiger partial charge in [0.25, 0.3) is 0 Å². The number of hydrogen-bond donors (Lipinski definition) is 2. The largest absolute Gasteiger partial charge is 0.334 e. The molecule has 0 aliphatic heterocycles. The molecule has 118 valence electrons. The zero-order valence-corrected chi connectivity index (χ0v) is 13.6. The van der Waals surface area contributed by atoms with Gasteiger partial charge in [0.2, 0.25) is 0 Å². The van der Waals surface area contributed by atoms with E-state index in [2.05, 4.69) is 15.6 Å². The Morgan fingerprint density at radius 2 is 2.30 bits per heavy atom. The average Bonchev–Trinajstić information content (AvgIpc) is 3.26. The van der Waals surface area contributed by atoms with Crippen LogP contribution in [0.25, 0.3) is 5.69 Å². The summed E-state index contributed by atoms with van der Waals surface area (Å²) in [6.07, 6.45) is 5.39. The van der Waals surface area contributed by atoms with E-state index in [1.807, 2.05) is 58.8 Å². The second kappa shape index (κ2) is 7.11. The van der Waals surface area contributed by atoms with Crippen LogP contribution < -0.4 is 10.6 Å². The Hall–Kier alpha value is -2.60. The summed E-state index contributed by atoms with van der Waals surface area (Å²) in [6.45, 7) is 2.51. The van der Waals surface area contributed by atoms with Gasteiger partial charge < -0.3 is 15.2 Å². The molecule has 3 rings (SSSR count). The van der Waals surface area contributed by atoms with Crippen molar-refractivity contribution < 1.29 is 4.79 Å². The normalized spacial score (nSPS) is 11.9. The molecule has 6 heteroatoms. The smallest absolute Gasteiger partial charge is 0.315 e. The van der Waals surface area contributed by atoms with Gasteiger partial charge in [-0.3, -0.25) is 0 Å². The molecule has 5 nitrogen and oxygen atoms in total. The number of amides is 2. The number of hydrogen-bond acceptors (Lipinski definition) is 3. The van der Waals surface area contributed by atoms with Crippen molar-refractivity contribution >= 4 is 17.4 Å². The number of carbonyl (C=O) groups excluding carboxylic acids is 1. The first-order valence-corrected chi connectivity index (χ1v) is 8.30. The van der Waals surface area contributed by atoms with Crippen molar-refractivity contribution in [3.05, 3.63) is 70.9 Å². The summed E-state index contributed by atoms with van der Waals surface area (Å²) in [6, 6.07) is 9.79. The highest BCUT2D eigenvalue weighted by atomic mass is 32.1. The highest BCUT2D eigenvalue weighted by Crippen LogP contribution is 2.16. The number of nitrogens with one attached hydrogen (secondary N) is 2. The highest BCUT2D eigenvalue weighted by Gasteiger charge is 2.10. The maximum Gasteiger partial charge on any atom is 0.315 e. The van der Waals surface area contributed by atoms with Gasteiger partial charge in [0, 0.05) is 24.6 Å². The van der Waals surface area contributed by atoms with Gasteiger partial charge in [-0.15, -0.1) is 0 Å². The number of carbonyl (C=O) groups is 1. The Labute approximate surface area is 139 Å². The van der Waals surface area contributed by atoms with Crippen LogP contribution in [-0.2, 0) is 6.54 Å². The lowest BCUT2D eigenvalue weighted by atomic mass is 10.1. The number of imidazole rings is 1. The number of nitrogens with zero attached hydrogens (tertiary/aromatic N) is 2. The number of aromatic nitrogens is 2. The van der Waals surface area contributed by atoms with E-state index in [0.717, 1.165) is 16.8 Å². The monoisotopic (exact) mass is 326 g/mol. The fourth-order valence-electron chi connectivity index (χ4n) is 2.27. The van der Waals surface area contributed by atoms with E-state index in [1.54, 1.807) is 23.9 Å². The lowest BCUT2D eigenvalue weighted by molar-refractivity contribution is 0.237. The Kier molecular flexibility index (Phi) is 4.73. The van der Waals surface area contributed by atoms with Gasteiger partial charge in [0.05, 0.1) is 12.4 Å². The van der Waals surface area contributed by atoms with Crippen LogP contribution in [0.2, 0.25) is 0 Å². The molecule has 0 saturated heterocycles. The summed E-state index contributed by atoms with van der Waals surface area (Å²) >= 11 is 1.62. The van der Waals surface area contributed by atoms with Crippen LogP contribution in [0.4, 0.5) is 4.79 Å². The van der Waals surface area contributed by atoms with E-state index in [-0.39, 0.29) is 12.1 Å². The predicted octanol–water partition coefficient (Wildman–Crippen LogP) is 3.49. The molecule has 3 aromatic rings. The minimum absolute atomic E-state index is 0.0825. The van der Waals surface area contributed by atoms with Gasteiger partial charge in [-0.25, -0.2) is 9.78 Å². The molecule has 2 amide bonds. The molecule has 1 atom stereocenters. The van der Waals surface area contributed by atoms with Crippen molar-refractivity contribution in [1.82, 2.24) is 20.2 Å². The first-order valence-electron chi connectivity index (χ1n) is 7.36. The summed E-state index contributed by atoms with van der Waals surface area (Å²) in [5.74, 6) is 0. The van der Waals surface area contributed by atoms with E-state index in [4.69, 9.17) is 0 Å².